The fourth-order valence-electron chi connectivity index (χ4n) is 3.44. The first kappa shape index (κ1) is 20.8. The zero-order valence-electron chi connectivity index (χ0n) is 16.2. The number of carbonyl (C=O) groups is 1. The van der Waals surface area contributed by atoms with E-state index in [1.165, 1.54) is 4.31 Å². The third-order valence-corrected chi connectivity index (χ3v) is 7.17. The van der Waals surface area contributed by atoms with Crippen LogP contribution in [0.1, 0.15) is 36.0 Å². The van der Waals surface area contributed by atoms with Crippen LogP contribution in [0.15, 0.2) is 41.3 Å². The monoisotopic (exact) mass is 420 g/mol. The molecule has 0 spiro atoms. The zero-order valence-corrected chi connectivity index (χ0v) is 17.7. The molecule has 0 unspecified atom stereocenters. The second kappa shape index (κ2) is 8.64. The largest absolute Gasteiger partial charge is 0.325 e. The molecule has 1 N–H and O–H groups in total. The Balaban J connectivity index is 1.60. The molecule has 2 aromatic rings. The normalized spacial score (nSPS) is 15.0. The van der Waals surface area contributed by atoms with E-state index in [0.717, 1.165) is 29.5 Å². The van der Waals surface area contributed by atoms with Crippen LogP contribution in [0.5, 0.6) is 0 Å². The molecule has 0 aromatic heterocycles. The Bertz CT molecular complexity index is 943. The van der Waals surface area contributed by atoms with Gasteiger partial charge in [0.2, 0.25) is 15.9 Å². The van der Waals surface area contributed by atoms with Crippen LogP contribution in [-0.2, 0) is 21.2 Å². The van der Waals surface area contributed by atoms with Crippen molar-refractivity contribution in [1.29, 1.82) is 0 Å². The van der Waals surface area contributed by atoms with Gasteiger partial charge in [-0.1, -0.05) is 29.8 Å². The van der Waals surface area contributed by atoms with Crippen LogP contribution >= 0.6 is 11.6 Å². The van der Waals surface area contributed by atoms with Gasteiger partial charge in [-0.25, -0.2) is 8.42 Å². The molecule has 0 aliphatic carbocycles. The molecule has 0 saturated carbocycles. The van der Waals surface area contributed by atoms with E-state index in [-0.39, 0.29) is 5.91 Å². The fourth-order valence-corrected chi connectivity index (χ4v) is 5.32. The molecule has 7 heteroatoms. The van der Waals surface area contributed by atoms with Gasteiger partial charge >= 0.3 is 0 Å². The molecular weight excluding hydrogens is 396 g/mol. The Morgan fingerprint density at radius 3 is 2.36 bits per heavy atom. The topological polar surface area (TPSA) is 66.5 Å². The number of hydrogen-bond acceptors (Lipinski definition) is 3. The lowest BCUT2D eigenvalue weighted by atomic mass is 10.1. The molecule has 1 heterocycles. The highest BCUT2D eigenvalue weighted by Gasteiger charge is 2.26. The number of rotatable bonds is 6. The molecule has 1 amide bonds. The minimum absolute atomic E-state index is 0.123. The third-order valence-electron chi connectivity index (χ3n) is 4.96. The van der Waals surface area contributed by atoms with Crippen LogP contribution in [0.25, 0.3) is 0 Å². The number of carbonyl (C=O) groups excluding carboxylic acids is 1. The Morgan fingerprint density at radius 2 is 1.75 bits per heavy atom. The van der Waals surface area contributed by atoms with Crippen molar-refractivity contribution >= 4 is 33.2 Å². The maximum atomic E-state index is 12.6. The lowest BCUT2D eigenvalue weighted by molar-refractivity contribution is -0.116. The van der Waals surface area contributed by atoms with Crippen molar-refractivity contribution < 1.29 is 13.2 Å². The first-order valence-corrected chi connectivity index (χ1v) is 11.2. The molecule has 2 aromatic carbocycles. The van der Waals surface area contributed by atoms with Gasteiger partial charge < -0.3 is 5.32 Å². The Labute approximate surface area is 171 Å². The minimum atomic E-state index is -3.40. The second-order valence-electron chi connectivity index (χ2n) is 7.24. The van der Waals surface area contributed by atoms with Gasteiger partial charge in [-0.2, -0.15) is 4.31 Å². The molecule has 28 heavy (non-hydrogen) atoms. The Morgan fingerprint density at radius 1 is 1.11 bits per heavy atom. The molecule has 3 rings (SSSR count). The van der Waals surface area contributed by atoms with E-state index in [2.05, 4.69) is 5.32 Å². The van der Waals surface area contributed by atoms with Crippen LogP contribution < -0.4 is 5.32 Å². The van der Waals surface area contributed by atoms with E-state index in [1.807, 2.05) is 26.0 Å². The Kier molecular flexibility index (Phi) is 6.43. The minimum Gasteiger partial charge on any atom is -0.325 e. The lowest BCUT2D eigenvalue weighted by Crippen LogP contribution is -2.27. The highest BCUT2D eigenvalue weighted by Crippen LogP contribution is 2.27. The van der Waals surface area contributed by atoms with Gasteiger partial charge in [0.05, 0.1) is 15.6 Å². The van der Waals surface area contributed by atoms with Gasteiger partial charge in [-0.3, -0.25) is 4.79 Å². The molecule has 0 radical (unpaired) electrons. The molecule has 5 nitrogen and oxygen atoms in total. The first-order valence-electron chi connectivity index (χ1n) is 9.43. The highest BCUT2D eigenvalue weighted by atomic mass is 35.5. The van der Waals surface area contributed by atoms with E-state index in [9.17, 15) is 13.2 Å². The SMILES string of the molecule is Cc1cc(C)c(NC(=O)CCc2ccc(S(=O)(=O)N3CCCC3)cc2)c(Cl)c1. The molecule has 0 atom stereocenters. The van der Waals surface area contributed by atoms with Gasteiger partial charge in [-0.05, 0) is 68.0 Å². The van der Waals surface area contributed by atoms with Gasteiger partial charge in [0.1, 0.15) is 0 Å². The number of nitrogens with zero attached hydrogens (tertiary/aromatic N) is 1. The molecule has 1 aliphatic heterocycles. The summed E-state index contributed by atoms with van der Waals surface area (Å²) < 4.78 is 26.6. The van der Waals surface area contributed by atoms with Crippen LogP contribution in [0.3, 0.4) is 0 Å². The predicted octanol–water partition coefficient (Wildman–Crippen LogP) is 4.31. The molecule has 150 valence electrons. The molecule has 1 saturated heterocycles. The summed E-state index contributed by atoms with van der Waals surface area (Å²) in [5.41, 5.74) is 3.53. The summed E-state index contributed by atoms with van der Waals surface area (Å²) in [4.78, 5) is 12.6. The van der Waals surface area contributed by atoms with Crippen molar-refractivity contribution in [3.05, 3.63) is 58.1 Å². The third kappa shape index (κ3) is 4.74. The van der Waals surface area contributed by atoms with Crippen molar-refractivity contribution in [2.75, 3.05) is 18.4 Å². The maximum absolute atomic E-state index is 12.6. The van der Waals surface area contributed by atoms with Crippen LogP contribution in [0.4, 0.5) is 5.69 Å². The van der Waals surface area contributed by atoms with Gasteiger partial charge in [0, 0.05) is 19.5 Å². The summed E-state index contributed by atoms with van der Waals surface area (Å²) in [7, 11) is -3.40. The van der Waals surface area contributed by atoms with Crippen LogP contribution in [0.2, 0.25) is 5.02 Å². The van der Waals surface area contributed by atoms with E-state index in [0.29, 0.717) is 41.5 Å². The van der Waals surface area contributed by atoms with Crippen LogP contribution in [-0.4, -0.2) is 31.7 Å². The standard InChI is InChI=1S/C21H25ClN2O3S/c1-15-13-16(2)21(19(22)14-15)23-20(25)10-7-17-5-8-18(9-6-17)28(26,27)24-11-3-4-12-24/h5-6,8-9,13-14H,3-4,7,10-12H2,1-2H3,(H,23,25). The quantitative estimate of drug-likeness (QED) is 0.757. The number of sulfonamides is 1. The average Bonchev–Trinajstić information content (AvgIpc) is 3.19. The molecule has 0 bridgehead atoms. The zero-order chi connectivity index (χ0) is 20.3. The fraction of sp³-hybridized carbons (Fsp3) is 0.381. The molecule has 1 fully saturated rings. The summed E-state index contributed by atoms with van der Waals surface area (Å²) in [5.74, 6) is -0.123. The summed E-state index contributed by atoms with van der Waals surface area (Å²) >= 11 is 6.23. The molecular formula is C21H25ClN2O3S. The van der Waals surface area contributed by atoms with Gasteiger partial charge in [-0.15, -0.1) is 0 Å². The predicted molar refractivity (Wildman–Crippen MR) is 112 cm³/mol. The van der Waals surface area contributed by atoms with Crippen molar-refractivity contribution in [2.45, 2.75) is 44.4 Å². The second-order valence-corrected chi connectivity index (χ2v) is 9.59. The number of benzene rings is 2. The summed E-state index contributed by atoms with van der Waals surface area (Å²) in [6.45, 7) is 5.04. The number of hydrogen-bond donors (Lipinski definition) is 1. The number of nitrogens with one attached hydrogen (secondary N) is 1. The number of halogens is 1. The summed E-state index contributed by atoms with van der Waals surface area (Å²) in [6, 6.07) is 10.6. The van der Waals surface area contributed by atoms with Crippen molar-refractivity contribution in [3.63, 3.8) is 0 Å². The smallest absolute Gasteiger partial charge is 0.243 e. The van der Waals surface area contributed by atoms with E-state index in [1.54, 1.807) is 24.3 Å². The molecule has 1 aliphatic rings. The van der Waals surface area contributed by atoms with Gasteiger partial charge in [0.25, 0.3) is 0 Å². The van der Waals surface area contributed by atoms with Crippen molar-refractivity contribution in [2.24, 2.45) is 0 Å². The van der Waals surface area contributed by atoms with Crippen LogP contribution in [0, 0.1) is 13.8 Å². The maximum Gasteiger partial charge on any atom is 0.243 e. The lowest BCUT2D eigenvalue weighted by Gasteiger charge is -2.15. The number of amides is 1. The Hall–Kier alpha value is -1.89. The van der Waals surface area contributed by atoms with Gasteiger partial charge in [0.15, 0.2) is 0 Å². The van der Waals surface area contributed by atoms with Crippen molar-refractivity contribution in [3.8, 4) is 0 Å². The average molecular weight is 421 g/mol. The van der Waals surface area contributed by atoms with E-state index < -0.39 is 10.0 Å². The highest BCUT2D eigenvalue weighted by molar-refractivity contribution is 7.89. The van der Waals surface area contributed by atoms with E-state index >= 15 is 0 Å². The summed E-state index contributed by atoms with van der Waals surface area (Å²) in [6.07, 6.45) is 2.65. The number of aryl methyl sites for hydroxylation is 3. The summed E-state index contributed by atoms with van der Waals surface area (Å²) in [5, 5.41) is 3.41. The number of anilines is 1. The van der Waals surface area contributed by atoms with Crippen molar-refractivity contribution in [1.82, 2.24) is 4.31 Å². The van der Waals surface area contributed by atoms with E-state index in [4.69, 9.17) is 11.6 Å². The first-order chi connectivity index (χ1) is 13.3.